The Morgan fingerprint density at radius 3 is 1.76 bits per heavy atom. The molecule has 2 heteroatoms. The summed E-state index contributed by atoms with van der Waals surface area (Å²) in [5.74, 6) is 0.887. The molecule has 0 radical (unpaired) electrons. The zero-order valence-corrected chi connectivity index (χ0v) is 17.7. The van der Waals surface area contributed by atoms with E-state index in [9.17, 15) is 0 Å². The Morgan fingerprint density at radius 1 is 0.724 bits per heavy atom. The van der Waals surface area contributed by atoms with Gasteiger partial charge in [-0.05, 0) is 49.2 Å². The first-order valence-electron chi connectivity index (χ1n) is 9.86. The minimum Gasteiger partial charge on any atom is -0.308 e. The van der Waals surface area contributed by atoms with Gasteiger partial charge in [0.05, 0.1) is 17.1 Å². The minimum absolute atomic E-state index is 0.887. The van der Waals surface area contributed by atoms with Crippen molar-refractivity contribution in [3.63, 3.8) is 0 Å². The molecule has 0 saturated carbocycles. The van der Waals surface area contributed by atoms with Crippen molar-refractivity contribution < 1.29 is 0 Å². The molecule has 0 amide bonds. The topological polar surface area (TPSA) is 4.93 Å². The molecule has 0 unspecified atom stereocenters. The van der Waals surface area contributed by atoms with Crippen LogP contribution in [-0.2, 0) is 0 Å². The van der Waals surface area contributed by atoms with E-state index in [4.69, 9.17) is 0 Å². The van der Waals surface area contributed by atoms with E-state index < -0.39 is 0 Å². The zero-order valence-electron chi connectivity index (χ0n) is 16.9. The van der Waals surface area contributed by atoms with Crippen LogP contribution in [0.5, 0.6) is 0 Å². The second-order valence-electron chi connectivity index (χ2n) is 7.24. The number of benzene rings is 3. The minimum atomic E-state index is 0.887. The fourth-order valence-electron chi connectivity index (χ4n) is 3.51. The van der Waals surface area contributed by atoms with Crippen molar-refractivity contribution >= 4 is 11.8 Å². The Labute approximate surface area is 177 Å². The van der Waals surface area contributed by atoms with E-state index in [1.54, 1.807) is 0 Å². The second-order valence-corrected chi connectivity index (χ2v) is 8.30. The van der Waals surface area contributed by atoms with Gasteiger partial charge in [0.25, 0.3) is 0 Å². The monoisotopic (exact) mass is 395 g/mol. The summed E-state index contributed by atoms with van der Waals surface area (Å²) in [6.45, 7) is 8.14. The molecule has 29 heavy (non-hydrogen) atoms. The molecule has 0 aliphatic heterocycles. The van der Waals surface area contributed by atoms with Gasteiger partial charge in [0.15, 0.2) is 0 Å². The van der Waals surface area contributed by atoms with Gasteiger partial charge in [-0.25, -0.2) is 0 Å². The highest BCUT2D eigenvalue weighted by atomic mass is 32.2. The molecule has 0 saturated heterocycles. The molecule has 144 valence electrons. The molecular formula is C27H25NS. The molecule has 0 spiro atoms. The van der Waals surface area contributed by atoms with E-state index in [1.807, 2.05) is 17.8 Å². The van der Waals surface area contributed by atoms with Gasteiger partial charge in [-0.1, -0.05) is 77.9 Å². The van der Waals surface area contributed by atoms with Crippen molar-refractivity contribution in [1.82, 2.24) is 4.57 Å². The lowest BCUT2D eigenvalue weighted by atomic mass is 10.1. The van der Waals surface area contributed by atoms with Gasteiger partial charge >= 0.3 is 0 Å². The Morgan fingerprint density at radius 2 is 1.24 bits per heavy atom. The van der Waals surface area contributed by atoms with Crippen LogP contribution in [0.1, 0.15) is 11.1 Å². The fraction of sp³-hybridized carbons (Fsp3) is 0.111. The fourth-order valence-corrected chi connectivity index (χ4v) is 4.29. The molecule has 1 aromatic heterocycles. The lowest BCUT2D eigenvalue weighted by molar-refractivity contribution is 1.05. The summed E-state index contributed by atoms with van der Waals surface area (Å²) in [6.07, 6.45) is 1.96. The Balaban J connectivity index is 1.94. The smallest absolute Gasteiger partial charge is 0.0598 e. The van der Waals surface area contributed by atoms with Crippen molar-refractivity contribution in [2.24, 2.45) is 0 Å². The van der Waals surface area contributed by atoms with Crippen LogP contribution in [-0.4, -0.2) is 10.3 Å². The highest BCUT2D eigenvalue weighted by Gasteiger charge is 2.16. The number of thioether (sulfide) groups is 1. The van der Waals surface area contributed by atoms with Gasteiger partial charge in [0.2, 0.25) is 0 Å². The van der Waals surface area contributed by atoms with Crippen LogP contribution >= 0.6 is 11.8 Å². The molecule has 0 N–H and O–H groups in total. The van der Waals surface area contributed by atoms with Crippen molar-refractivity contribution in [3.8, 4) is 28.2 Å². The van der Waals surface area contributed by atoms with Gasteiger partial charge < -0.3 is 4.57 Å². The van der Waals surface area contributed by atoms with Gasteiger partial charge in [-0.3, -0.25) is 0 Å². The van der Waals surface area contributed by atoms with E-state index in [0.29, 0.717) is 0 Å². The summed E-state index contributed by atoms with van der Waals surface area (Å²) in [5, 5.41) is 0. The second kappa shape index (κ2) is 8.59. The third-order valence-corrected chi connectivity index (χ3v) is 6.10. The van der Waals surface area contributed by atoms with Crippen molar-refractivity contribution in [1.29, 1.82) is 0 Å². The molecule has 0 atom stereocenters. The van der Waals surface area contributed by atoms with E-state index in [-0.39, 0.29) is 0 Å². The summed E-state index contributed by atoms with van der Waals surface area (Å²) in [7, 11) is 0. The Kier molecular flexibility index (Phi) is 5.73. The summed E-state index contributed by atoms with van der Waals surface area (Å²) in [4.78, 5) is 1.25. The summed E-state index contributed by atoms with van der Waals surface area (Å²) >= 11 is 1.82. The van der Waals surface area contributed by atoms with Crippen molar-refractivity contribution in [3.05, 3.63) is 109 Å². The van der Waals surface area contributed by atoms with Crippen LogP contribution in [0, 0.1) is 13.8 Å². The number of rotatable bonds is 6. The first kappa shape index (κ1) is 19.4. The molecule has 1 nitrogen and oxygen atoms in total. The zero-order chi connectivity index (χ0) is 20.2. The van der Waals surface area contributed by atoms with Crippen LogP contribution in [0.3, 0.4) is 0 Å². The third kappa shape index (κ3) is 4.08. The number of hydrogen-bond donors (Lipinski definition) is 0. The first-order chi connectivity index (χ1) is 14.2. The molecule has 0 aliphatic carbocycles. The van der Waals surface area contributed by atoms with E-state index in [1.165, 1.54) is 44.2 Å². The highest BCUT2D eigenvalue weighted by molar-refractivity contribution is 7.99. The Hall–Kier alpha value is -2.97. The summed E-state index contributed by atoms with van der Waals surface area (Å²) in [5.41, 5.74) is 8.59. The van der Waals surface area contributed by atoms with E-state index in [2.05, 4.69) is 110 Å². The van der Waals surface area contributed by atoms with Crippen LogP contribution in [0.2, 0.25) is 0 Å². The number of para-hydroxylation sites is 1. The van der Waals surface area contributed by atoms with Crippen LogP contribution in [0.15, 0.2) is 102 Å². The molecule has 4 rings (SSSR count). The third-order valence-electron chi connectivity index (χ3n) is 5.04. The molecular weight excluding hydrogens is 370 g/mol. The first-order valence-corrected chi connectivity index (χ1v) is 10.8. The predicted molar refractivity (Wildman–Crippen MR) is 127 cm³/mol. The maximum absolute atomic E-state index is 3.89. The lowest BCUT2D eigenvalue weighted by Gasteiger charge is -2.18. The molecule has 0 bridgehead atoms. The molecule has 1 heterocycles. The average molecular weight is 396 g/mol. The maximum atomic E-state index is 3.89. The Bertz CT molecular complexity index is 1060. The largest absolute Gasteiger partial charge is 0.308 e. The molecule has 3 aromatic carbocycles. The quantitative estimate of drug-likeness (QED) is 0.239. The number of aromatic nitrogens is 1. The average Bonchev–Trinajstić information content (AvgIpc) is 3.18. The van der Waals surface area contributed by atoms with Gasteiger partial charge in [0.1, 0.15) is 0 Å². The van der Waals surface area contributed by atoms with Crippen LogP contribution < -0.4 is 0 Å². The number of hydrogen-bond acceptors (Lipinski definition) is 1. The van der Waals surface area contributed by atoms with Crippen molar-refractivity contribution in [2.45, 2.75) is 18.7 Å². The maximum Gasteiger partial charge on any atom is 0.0598 e. The highest BCUT2D eigenvalue weighted by Crippen LogP contribution is 2.36. The molecule has 0 fully saturated rings. The summed E-state index contributed by atoms with van der Waals surface area (Å²) < 4.78 is 2.39. The standard InChI is InChI=1S/C27H25NS/c1-4-19-29-27-8-6-5-7-26(27)28-24(22-13-9-20(2)10-14-22)17-18-25(28)23-15-11-21(3)12-16-23/h4-18H,1,19H2,2-3H3. The van der Waals surface area contributed by atoms with Crippen LogP contribution in [0.25, 0.3) is 28.2 Å². The van der Waals surface area contributed by atoms with Crippen LogP contribution in [0.4, 0.5) is 0 Å². The van der Waals surface area contributed by atoms with Gasteiger partial charge in [-0.15, -0.1) is 18.3 Å². The lowest BCUT2D eigenvalue weighted by Crippen LogP contribution is -2.01. The number of aryl methyl sites for hydroxylation is 2. The van der Waals surface area contributed by atoms with Crippen molar-refractivity contribution in [2.75, 3.05) is 5.75 Å². The van der Waals surface area contributed by atoms with E-state index >= 15 is 0 Å². The van der Waals surface area contributed by atoms with Gasteiger partial charge in [0, 0.05) is 10.6 Å². The predicted octanol–water partition coefficient (Wildman–Crippen LogP) is 7.71. The summed E-state index contributed by atoms with van der Waals surface area (Å²) in [6, 6.07) is 30.6. The number of nitrogens with zero attached hydrogens (tertiary/aromatic N) is 1. The van der Waals surface area contributed by atoms with E-state index in [0.717, 1.165) is 5.75 Å². The van der Waals surface area contributed by atoms with Gasteiger partial charge in [-0.2, -0.15) is 0 Å². The normalized spacial score (nSPS) is 10.8. The molecule has 0 aliphatic rings. The SMILES string of the molecule is C=CCSc1ccccc1-n1c(-c2ccc(C)cc2)ccc1-c1ccc(C)cc1. The molecule has 4 aromatic rings.